The Kier molecular flexibility index (Phi) is 8.00. The fourth-order valence-electron chi connectivity index (χ4n) is 10.6. The van der Waals surface area contributed by atoms with E-state index in [1.165, 1.54) is 0 Å². The molecule has 5 heteroatoms. The Labute approximate surface area is 440 Å². The fraction of sp³-hybridized carbons (Fsp3) is 0.118. The van der Waals surface area contributed by atoms with E-state index in [4.69, 9.17) is 17.9 Å². The third-order valence-corrected chi connectivity index (χ3v) is 14.0. The number of rotatable bonds is 6. The van der Waals surface area contributed by atoms with Gasteiger partial charge in [0.1, 0.15) is 17.3 Å². The number of imidazole rings is 1. The van der Waals surface area contributed by atoms with Crippen molar-refractivity contribution in [2.24, 2.45) is 0 Å². The lowest BCUT2D eigenvalue weighted by atomic mass is 9.81. The Morgan fingerprint density at radius 2 is 1.18 bits per heavy atom. The van der Waals surface area contributed by atoms with Gasteiger partial charge in [-0.25, -0.2) is 4.98 Å². The van der Waals surface area contributed by atoms with Crippen LogP contribution in [-0.2, 0) is 10.8 Å². The molecule has 13 rings (SSSR count). The molecule has 73 heavy (non-hydrogen) atoms. The minimum atomic E-state index is -0.511. The number of aromatic nitrogens is 4. The maximum Gasteiger partial charge on any atom is 0.269 e. The second kappa shape index (κ2) is 16.9. The highest BCUT2D eigenvalue weighted by atomic mass is 16.5. The third-order valence-electron chi connectivity index (χ3n) is 14.0. The van der Waals surface area contributed by atoms with Crippen LogP contribution in [0.25, 0.3) is 106 Å². The van der Waals surface area contributed by atoms with Gasteiger partial charge in [0.15, 0.2) is 0 Å². The van der Waals surface area contributed by atoms with E-state index < -0.39 is 41.7 Å². The Balaban J connectivity index is 1.09. The highest BCUT2D eigenvalue weighted by Crippen LogP contribution is 2.49. The molecule has 0 saturated carbocycles. The summed E-state index contributed by atoms with van der Waals surface area (Å²) >= 11 is 0. The van der Waals surface area contributed by atoms with Crippen LogP contribution in [0.3, 0.4) is 0 Å². The summed E-state index contributed by atoms with van der Waals surface area (Å²) in [5.74, 6) is 1.92. The highest BCUT2D eigenvalue weighted by molar-refractivity contribution is 6.10. The topological polar surface area (TPSA) is 35.9 Å². The second-order valence-electron chi connectivity index (χ2n) is 20.7. The lowest BCUT2D eigenvalue weighted by Gasteiger charge is -2.26. The maximum atomic E-state index is 9.33. The van der Waals surface area contributed by atoms with Gasteiger partial charge in [0, 0.05) is 23.0 Å². The maximum absolute atomic E-state index is 9.33. The molecule has 1 aliphatic heterocycles. The van der Waals surface area contributed by atoms with Crippen LogP contribution >= 0.6 is 0 Å². The molecule has 0 unspecified atom stereocenters. The molecular formula is C68H54N4O. The van der Waals surface area contributed by atoms with Gasteiger partial charge in [-0.2, -0.15) is 0 Å². The van der Waals surface area contributed by atoms with Gasteiger partial charge in [-0.05, 0) is 132 Å². The number of pyridine rings is 1. The lowest BCUT2D eigenvalue weighted by Crippen LogP contribution is -2.35. The SMILES string of the molecule is [2H]c1c([2H])c([2H])c(-c2cc3c4c(c2)n(-c2cccc(Oc5ccc6c7ccccc7n(-c7cc(C(C)(C)C)ccn7)c6c5)c2)[c-][n+]4-c2c(cccc2C(C)(C)C)-c2cccc(-c4c([2H])c([2H])c([2H])c([2H])c4[2H])c2-c2ccccc2-3)c([2H])c1[2H]. The summed E-state index contributed by atoms with van der Waals surface area (Å²) in [5, 5.41) is 2.13. The number of hydrogen-bond acceptors (Lipinski definition) is 2. The highest BCUT2D eigenvalue weighted by Gasteiger charge is 2.31. The van der Waals surface area contributed by atoms with Crippen LogP contribution in [0.2, 0.25) is 0 Å². The molecule has 5 nitrogen and oxygen atoms in total. The molecule has 3 aromatic heterocycles. The van der Waals surface area contributed by atoms with Gasteiger partial charge in [0.05, 0.1) is 47.1 Å². The average molecular weight is 953 g/mol. The minimum absolute atomic E-state index is 0.00650. The van der Waals surface area contributed by atoms with Crippen molar-refractivity contribution in [2.75, 3.05) is 0 Å². The van der Waals surface area contributed by atoms with Gasteiger partial charge in [0.2, 0.25) is 0 Å². The summed E-state index contributed by atoms with van der Waals surface area (Å²) in [6.07, 6.45) is 5.67. The van der Waals surface area contributed by atoms with E-state index in [0.29, 0.717) is 61.6 Å². The third kappa shape index (κ3) is 7.45. The normalized spacial score (nSPS) is 14.2. The molecule has 9 aromatic carbocycles. The Morgan fingerprint density at radius 1 is 0.507 bits per heavy atom. The number of benzene rings is 9. The van der Waals surface area contributed by atoms with Crippen molar-refractivity contribution in [2.45, 2.75) is 52.4 Å². The first-order valence-electron chi connectivity index (χ1n) is 29.5. The predicted molar refractivity (Wildman–Crippen MR) is 300 cm³/mol. The largest absolute Gasteiger partial charge is 0.458 e. The van der Waals surface area contributed by atoms with Gasteiger partial charge < -0.3 is 4.74 Å². The first-order valence-corrected chi connectivity index (χ1v) is 24.5. The Bertz CT molecular complexity index is 4700. The first kappa shape index (κ1) is 34.5. The van der Waals surface area contributed by atoms with Gasteiger partial charge >= 0.3 is 0 Å². The smallest absolute Gasteiger partial charge is 0.269 e. The number of nitrogens with zero attached hydrogens (tertiary/aromatic N) is 4. The molecule has 0 radical (unpaired) electrons. The van der Waals surface area contributed by atoms with Crippen molar-refractivity contribution in [1.29, 1.82) is 0 Å². The zero-order valence-electron chi connectivity index (χ0n) is 51.2. The van der Waals surface area contributed by atoms with Crippen molar-refractivity contribution in [3.8, 4) is 84.3 Å². The minimum Gasteiger partial charge on any atom is -0.458 e. The van der Waals surface area contributed by atoms with Crippen molar-refractivity contribution in [1.82, 2.24) is 14.1 Å². The van der Waals surface area contributed by atoms with Gasteiger partial charge in [0.25, 0.3) is 6.33 Å². The summed E-state index contributed by atoms with van der Waals surface area (Å²) in [6.45, 7) is 13.0. The molecule has 12 aromatic rings. The Morgan fingerprint density at radius 3 is 1.97 bits per heavy atom. The van der Waals surface area contributed by atoms with Crippen LogP contribution in [0.5, 0.6) is 11.5 Å². The van der Waals surface area contributed by atoms with Crippen LogP contribution < -0.4 is 9.30 Å². The van der Waals surface area contributed by atoms with Gasteiger partial charge in [-0.15, -0.1) is 0 Å². The monoisotopic (exact) mass is 952 g/mol. The first-order chi connectivity index (χ1) is 39.6. The van der Waals surface area contributed by atoms with Gasteiger partial charge in [-0.3, -0.25) is 13.7 Å². The number of hydrogen-bond donors (Lipinski definition) is 0. The molecule has 0 bridgehead atoms. The summed E-state index contributed by atoms with van der Waals surface area (Å²) in [6, 6.07) is 45.2. The van der Waals surface area contributed by atoms with Crippen LogP contribution in [0.4, 0.5) is 0 Å². The molecule has 1 aliphatic rings. The molecule has 0 saturated heterocycles. The van der Waals surface area contributed by atoms with E-state index in [9.17, 15) is 5.48 Å². The molecule has 0 N–H and O–H groups in total. The van der Waals surface area contributed by atoms with Crippen molar-refractivity contribution in [3.63, 3.8) is 0 Å². The van der Waals surface area contributed by atoms with E-state index >= 15 is 0 Å². The summed E-state index contributed by atoms with van der Waals surface area (Å²) < 4.78 is 103. The molecule has 4 heterocycles. The molecule has 0 amide bonds. The lowest BCUT2D eigenvalue weighted by molar-refractivity contribution is -0.572. The zero-order chi connectivity index (χ0) is 58.3. The van der Waals surface area contributed by atoms with Crippen molar-refractivity contribution >= 4 is 32.8 Å². The molecule has 0 atom stereocenters. The molecule has 0 fully saturated rings. The Hall–Kier alpha value is -8.80. The van der Waals surface area contributed by atoms with Crippen LogP contribution in [-0.4, -0.2) is 14.1 Å². The summed E-state index contributed by atoms with van der Waals surface area (Å²) in [7, 11) is 0. The predicted octanol–water partition coefficient (Wildman–Crippen LogP) is 17.2. The van der Waals surface area contributed by atoms with E-state index in [1.54, 1.807) is 6.07 Å². The fourth-order valence-corrected chi connectivity index (χ4v) is 10.6. The molecule has 352 valence electrons. The van der Waals surface area contributed by atoms with Crippen molar-refractivity contribution < 1.29 is 23.0 Å². The average Bonchev–Trinajstić information content (AvgIpc) is 2.08. The number of fused-ring (bicyclic) bond motifs is 10. The van der Waals surface area contributed by atoms with Crippen LogP contribution in [0.1, 0.15) is 66.4 Å². The van der Waals surface area contributed by atoms with Crippen LogP contribution in [0.15, 0.2) is 218 Å². The van der Waals surface area contributed by atoms with E-state index in [2.05, 4.69) is 93.4 Å². The van der Waals surface area contributed by atoms with Crippen LogP contribution in [0, 0.1) is 6.33 Å². The van der Waals surface area contributed by atoms with E-state index in [-0.39, 0.29) is 40.7 Å². The molecule has 0 aliphatic carbocycles. The quantitative estimate of drug-likeness (QED) is 0.123. The summed E-state index contributed by atoms with van der Waals surface area (Å²) in [4.78, 5) is 4.88. The van der Waals surface area contributed by atoms with E-state index in [0.717, 1.165) is 55.6 Å². The standard InChI is InChI=1S/C68H54N4O/c1-67(2,3)47-36-37-69-63(40-47)72-60-33-16-15-27-53(60)54-35-34-50(42-61(54)72)73-49-25-17-24-48(41-49)70-43-71-65-57(31-19-32-59(65)68(4,5)6)56-30-18-29-51(45-22-11-8-12-23-45)64(56)55-28-14-13-26-52(55)58-38-46(39-62(70)66(58)71)44-20-9-7-10-21-44/h7-42H,1-6H3/i7D,8D,9D,10D,11D,12D,20D,21D,22D,23D. The van der Waals surface area contributed by atoms with Gasteiger partial charge in [-0.1, -0.05) is 193 Å². The number of ether oxygens (including phenoxy) is 1. The number of para-hydroxylation sites is 2. The molecular weight excluding hydrogens is 889 g/mol. The summed E-state index contributed by atoms with van der Waals surface area (Å²) in [5.41, 5.74) is 11.1. The zero-order valence-corrected chi connectivity index (χ0v) is 41.2. The van der Waals surface area contributed by atoms with E-state index in [1.807, 2.05) is 120 Å². The second-order valence-corrected chi connectivity index (χ2v) is 20.7. The van der Waals surface area contributed by atoms with Crippen molar-refractivity contribution in [3.05, 3.63) is 236 Å². The molecule has 0 spiro atoms.